The first-order valence-corrected chi connectivity index (χ1v) is 19.2. The molecule has 0 aliphatic carbocycles. The van der Waals surface area contributed by atoms with E-state index < -0.39 is 103 Å². The molecular formula is C37H55N9O13. The van der Waals surface area contributed by atoms with E-state index in [-0.39, 0.29) is 63.3 Å². The van der Waals surface area contributed by atoms with Crippen LogP contribution in [-0.2, 0) is 52.6 Å². The number of carbonyl (C=O) groups is 11. The van der Waals surface area contributed by atoms with Crippen LogP contribution in [0.2, 0.25) is 0 Å². The number of unbranched alkanes of at least 4 members (excludes halogenated alkanes) is 1. The lowest BCUT2D eigenvalue weighted by Gasteiger charge is -2.25. The molecule has 0 fully saturated rings. The van der Waals surface area contributed by atoms with Gasteiger partial charge in [0.1, 0.15) is 6.04 Å². The maximum absolute atomic E-state index is 13.6. The third-order valence-electron chi connectivity index (χ3n) is 8.57. The van der Waals surface area contributed by atoms with Gasteiger partial charge in [-0.25, -0.2) is 9.59 Å². The van der Waals surface area contributed by atoms with E-state index in [2.05, 4.69) is 37.2 Å². The Kier molecular flexibility index (Phi) is 20.2. The van der Waals surface area contributed by atoms with Gasteiger partial charge in [-0.15, -0.1) is 0 Å². The molecule has 0 spiro atoms. The number of imide groups is 2. The van der Waals surface area contributed by atoms with Crippen LogP contribution in [0.15, 0.2) is 23.3 Å². The predicted molar refractivity (Wildman–Crippen MR) is 206 cm³/mol. The lowest BCUT2D eigenvalue weighted by molar-refractivity contribution is -0.139. The Labute approximate surface area is 341 Å². The molecule has 22 heteroatoms. The standard InChI is InChI=1S/C37H55N9O13/c1-7-58-36(56)38-14-10-9-11-26(44-37(57)59-8-2)33(53)43-25(19-29(49)41-23(5)39-27(47)12-15-45-31(51)17-21(3)34(45)54)20-30(50)42-24(6)40-28(48)13-16-46-32(52)18-22(4)35(46)55/h17-18,23-26H,7-16,19-20H2,1-6H3,(H,38,56)(H,39,47)(H,40,48)(H,41,49)(H,42,50)(H,43,53)(H,44,57). The molecule has 3 atom stereocenters. The van der Waals surface area contributed by atoms with Crippen molar-refractivity contribution in [3.8, 4) is 0 Å². The summed E-state index contributed by atoms with van der Waals surface area (Å²) in [6.07, 6.45) is -1.78. The molecule has 3 unspecified atom stereocenters. The summed E-state index contributed by atoms with van der Waals surface area (Å²) >= 11 is 0. The van der Waals surface area contributed by atoms with Crippen LogP contribution < -0.4 is 37.2 Å². The highest BCUT2D eigenvalue weighted by molar-refractivity contribution is 6.16. The van der Waals surface area contributed by atoms with Crippen molar-refractivity contribution >= 4 is 65.4 Å². The maximum atomic E-state index is 13.6. The van der Waals surface area contributed by atoms with Crippen LogP contribution in [0, 0.1) is 0 Å². The Morgan fingerprint density at radius 2 is 1.05 bits per heavy atom. The summed E-state index contributed by atoms with van der Waals surface area (Å²) in [6, 6.07) is -2.39. The summed E-state index contributed by atoms with van der Waals surface area (Å²) in [4.78, 5) is 139. The topological polar surface area (TPSA) is 297 Å². The first kappa shape index (κ1) is 48.8. The molecule has 2 aliphatic heterocycles. The lowest BCUT2D eigenvalue weighted by atomic mass is 10.1. The van der Waals surface area contributed by atoms with Gasteiger partial charge in [-0.3, -0.25) is 53.0 Å². The zero-order valence-corrected chi connectivity index (χ0v) is 34.2. The van der Waals surface area contributed by atoms with Crippen molar-refractivity contribution in [2.24, 2.45) is 0 Å². The van der Waals surface area contributed by atoms with E-state index in [1.54, 1.807) is 13.8 Å². The van der Waals surface area contributed by atoms with E-state index in [1.165, 1.54) is 39.8 Å². The van der Waals surface area contributed by atoms with Crippen molar-refractivity contribution in [3.05, 3.63) is 23.3 Å². The van der Waals surface area contributed by atoms with Crippen molar-refractivity contribution in [3.63, 3.8) is 0 Å². The van der Waals surface area contributed by atoms with Crippen molar-refractivity contribution in [1.82, 2.24) is 47.0 Å². The summed E-state index contributed by atoms with van der Waals surface area (Å²) < 4.78 is 9.75. The minimum absolute atomic E-state index is 0.00676. The minimum Gasteiger partial charge on any atom is -0.450 e. The predicted octanol–water partition coefficient (Wildman–Crippen LogP) is -1.15. The van der Waals surface area contributed by atoms with Crippen LogP contribution in [0.1, 0.15) is 86.5 Å². The number of carbonyl (C=O) groups excluding carboxylic acids is 11. The van der Waals surface area contributed by atoms with E-state index in [0.29, 0.717) is 12.8 Å². The average molecular weight is 834 g/mol. The van der Waals surface area contributed by atoms with Gasteiger partial charge in [-0.1, -0.05) is 0 Å². The van der Waals surface area contributed by atoms with Crippen LogP contribution in [0.25, 0.3) is 0 Å². The molecule has 0 saturated heterocycles. The van der Waals surface area contributed by atoms with E-state index in [1.807, 2.05) is 0 Å². The molecule has 0 aromatic heterocycles. The Balaban J connectivity index is 2.08. The molecule has 22 nitrogen and oxygen atoms in total. The molecule has 2 aliphatic rings. The van der Waals surface area contributed by atoms with Gasteiger partial charge in [0.05, 0.1) is 25.5 Å². The van der Waals surface area contributed by atoms with Crippen molar-refractivity contribution in [1.29, 1.82) is 0 Å². The molecule has 0 bridgehead atoms. The second-order valence-corrected chi connectivity index (χ2v) is 13.6. The molecule has 7 N–H and O–H groups in total. The Bertz CT molecular complexity index is 1610. The number of alkyl carbamates (subject to hydrolysis) is 2. The number of nitrogens with zero attached hydrogens (tertiary/aromatic N) is 2. The first-order valence-electron chi connectivity index (χ1n) is 19.2. The van der Waals surface area contributed by atoms with Gasteiger partial charge in [-0.05, 0) is 60.8 Å². The SMILES string of the molecule is CCOC(=O)NCCCCC(NC(=O)OCC)C(=O)NC(CC(=O)NC(C)NC(=O)CCN1C(=O)C=C(C)C1=O)CC(=O)NC(C)NC(=O)CCN1C(=O)C=C(C)C1=O. The maximum Gasteiger partial charge on any atom is 0.407 e. The number of hydrogen-bond donors (Lipinski definition) is 7. The smallest absolute Gasteiger partial charge is 0.407 e. The number of rotatable bonds is 24. The monoisotopic (exact) mass is 833 g/mol. The largest absolute Gasteiger partial charge is 0.450 e. The molecule has 0 saturated carbocycles. The van der Waals surface area contributed by atoms with Crippen molar-refractivity contribution in [2.75, 3.05) is 32.8 Å². The zero-order valence-electron chi connectivity index (χ0n) is 34.2. The van der Waals surface area contributed by atoms with Crippen LogP contribution in [0.5, 0.6) is 0 Å². The molecule has 0 aromatic rings. The molecular weight excluding hydrogens is 778 g/mol. The summed E-state index contributed by atoms with van der Waals surface area (Å²) in [5.74, 6) is -5.46. The molecule has 59 heavy (non-hydrogen) atoms. The molecule has 0 aromatic carbocycles. The zero-order chi connectivity index (χ0) is 44.2. The van der Waals surface area contributed by atoms with E-state index in [9.17, 15) is 52.7 Å². The highest BCUT2D eigenvalue weighted by Gasteiger charge is 2.31. The normalized spacial score (nSPS) is 15.6. The van der Waals surface area contributed by atoms with Crippen molar-refractivity contribution in [2.45, 2.75) is 111 Å². The molecule has 11 amide bonds. The van der Waals surface area contributed by atoms with Crippen LogP contribution >= 0.6 is 0 Å². The van der Waals surface area contributed by atoms with Gasteiger partial charge in [0.15, 0.2) is 0 Å². The Hall–Kier alpha value is -6.35. The third-order valence-corrected chi connectivity index (χ3v) is 8.57. The molecule has 0 radical (unpaired) electrons. The van der Waals surface area contributed by atoms with Crippen LogP contribution in [-0.4, -0.2) is 132 Å². The highest BCUT2D eigenvalue weighted by atomic mass is 16.6. The first-order chi connectivity index (χ1) is 27.8. The van der Waals surface area contributed by atoms with Crippen LogP contribution in [0.3, 0.4) is 0 Å². The highest BCUT2D eigenvalue weighted by Crippen LogP contribution is 2.13. The van der Waals surface area contributed by atoms with Crippen LogP contribution in [0.4, 0.5) is 9.59 Å². The number of nitrogens with one attached hydrogen (secondary N) is 7. The number of hydrogen-bond acceptors (Lipinski definition) is 13. The molecule has 326 valence electrons. The average Bonchev–Trinajstić information content (AvgIpc) is 3.53. The third kappa shape index (κ3) is 17.4. The fourth-order valence-corrected chi connectivity index (χ4v) is 5.78. The molecule has 2 heterocycles. The van der Waals surface area contributed by atoms with E-state index in [4.69, 9.17) is 9.47 Å². The van der Waals surface area contributed by atoms with Gasteiger partial charge in [0.2, 0.25) is 29.5 Å². The van der Waals surface area contributed by atoms with E-state index in [0.717, 1.165) is 9.80 Å². The fourth-order valence-electron chi connectivity index (χ4n) is 5.78. The second kappa shape index (κ2) is 24.4. The van der Waals surface area contributed by atoms with Crippen molar-refractivity contribution < 1.29 is 62.2 Å². The number of amides is 11. The lowest BCUT2D eigenvalue weighted by Crippen LogP contribution is -2.53. The molecule has 2 rings (SSSR count). The number of ether oxygens (including phenoxy) is 2. The summed E-state index contributed by atoms with van der Waals surface area (Å²) in [7, 11) is 0. The second-order valence-electron chi connectivity index (χ2n) is 13.6. The van der Waals surface area contributed by atoms with Gasteiger partial charge in [-0.2, -0.15) is 0 Å². The van der Waals surface area contributed by atoms with Gasteiger partial charge in [0.25, 0.3) is 23.6 Å². The Morgan fingerprint density at radius 3 is 1.47 bits per heavy atom. The summed E-state index contributed by atoms with van der Waals surface area (Å²) in [6.45, 7) is 9.11. The van der Waals surface area contributed by atoms with Gasteiger partial charge in [0, 0.05) is 74.7 Å². The summed E-state index contributed by atoms with van der Waals surface area (Å²) in [5.41, 5.74) is 0.491. The minimum atomic E-state index is -1.20. The Morgan fingerprint density at radius 1 is 0.610 bits per heavy atom. The van der Waals surface area contributed by atoms with Gasteiger partial charge >= 0.3 is 12.2 Å². The van der Waals surface area contributed by atoms with E-state index >= 15 is 0 Å². The van der Waals surface area contributed by atoms with Gasteiger partial charge < -0.3 is 46.7 Å². The quantitative estimate of drug-likeness (QED) is 0.0344. The summed E-state index contributed by atoms with van der Waals surface area (Å²) in [5, 5.41) is 17.8. The fraction of sp³-hybridized carbons (Fsp3) is 0.595.